The largest absolute Gasteiger partial charge is 0.379 e. The molecule has 0 aromatic carbocycles. The third-order valence-corrected chi connectivity index (χ3v) is 4.43. The normalized spacial score (nSPS) is 18.0. The maximum absolute atomic E-state index is 12.8. The van der Waals surface area contributed by atoms with E-state index in [2.05, 4.69) is 20.1 Å². The molecule has 4 rings (SSSR count). The Balaban J connectivity index is 1.49. The number of fused-ring (bicyclic) bond motifs is 1. The molecule has 134 valence electrons. The zero-order valence-electron chi connectivity index (χ0n) is 14.6. The van der Waals surface area contributed by atoms with E-state index in [9.17, 15) is 4.79 Å². The average Bonchev–Trinajstić information content (AvgIpc) is 2.99. The van der Waals surface area contributed by atoms with Gasteiger partial charge < -0.3 is 9.64 Å². The molecule has 1 saturated heterocycles. The van der Waals surface area contributed by atoms with Gasteiger partial charge in [0.25, 0.3) is 5.91 Å². The molecule has 1 atom stereocenters. The topological polar surface area (TPSA) is 85.5 Å². The molecular formula is C18H20N6O2. The summed E-state index contributed by atoms with van der Waals surface area (Å²) in [4.78, 5) is 27.1. The summed E-state index contributed by atoms with van der Waals surface area (Å²) in [5.74, 6) is 0.693. The lowest BCUT2D eigenvalue weighted by Crippen LogP contribution is -2.37. The Kier molecular flexibility index (Phi) is 4.57. The van der Waals surface area contributed by atoms with Crippen LogP contribution in [-0.2, 0) is 11.2 Å². The molecule has 8 heteroatoms. The molecule has 4 heterocycles. The van der Waals surface area contributed by atoms with Crippen molar-refractivity contribution in [1.82, 2.24) is 29.5 Å². The van der Waals surface area contributed by atoms with E-state index in [0.717, 1.165) is 17.8 Å². The first-order valence-corrected chi connectivity index (χ1v) is 8.65. The van der Waals surface area contributed by atoms with Crippen LogP contribution in [0.2, 0.25) is 0 Å². The Bertz CT molecular complexity index is 925. The predicted molar refractivity (Wildman–Crippen MR) is 93.7 cm³/mol. The van der Waals surface area contributed by atoms with Crippen LogP contribution in [0.5, 0.6) is 0 Å². The summed E-state index contributed by atoms with van der Waals surface area (Å²) in [7, 11) is 0. The summed E-state index contributed by atoms with van der Waals surface area (Å²) in [6, 6.07) is 5.59. The summed E-state index contributed by atoms with van der Waals surface area (Å²) in [5.41, 5.74) is 2.20. The predicted octanol–water partition coefficient (Wildman–Crippen LogP) is 1.16. The lowest BCUT2D eigenvalue weighted by atomic mass is 10.0. The van der Waals surface area contributed by atoms with Crippen LogP contribution in [0, 0.1) is 12.8 Å². The number of aryl methyl sites for hydroxylation is 1. The standard InChI is InChI=1S/C18H20N6O2/c1-13-19-5-4-16(21-13)18(25)23-8-9-26-12-14(11-23)10-15-2-3-17-20-6-7-24(17)22-15/h2-7,14H,8-12H2,1H3/t14-/m1/s1. The molecule has 0 aliphatic carbocycles. The molecule has 3 aromatic heterocycles. The van der Waals surface area contributed by atoms with Crippen molar-refractivity contribution in [2.75, 3.05) is 26.3 Å². The fraction of sp³-hybridized carbons (Fsp3) is 0.389. The van der Waals surface area contributed by atoms with Crippen molar-refractivity contribution in [3.8, 4) is 0 Å². The molecule has 3 aromatic rings. The summed E-state index contributed by atoms with van der Waals surface area (Å²) >= 11 is 0. The van der Waals surface area contributed by atoms with Gasteiger partial charge in [0.2, 0.25) is 0 Å². The minimum Gasteiger partial charge on any atom is -0.379 e. The minimum atomic E-state index is -0.0796. The van der Waals surface area contributed by atoms with Crippen molar-refractivity contribution in [1.29, 1.82) is 0 Å². The fourth-order valence-corrected chi connectivity index (χ4v) is 3.19. The van der Waals surface area contributed by atoms with Gasteiger partial charge in [0.05, 0.1) is 18.9 Å². The SMILES string of the molecule is Cc1nccc(C(=O)N2CCOC[C@H](Cc3ccc4nccn4n3)C2)n1. The van der Waals surface area contributed by atoms with E-state index in [0.29, 0.717) is 37.8 Å². The molecule has 1 fully saturated rings. The number of rotatable bonds is 3. The number of imidazole rings is 1. The highest BCUT2D eigenvalue weighted by atomic mass is 16.5. The highest BCUT2D eigenvalue weighted by molar-refractivity contribution is 5.92. The molecule has 8 nitrogen and oxygen atoms in total. The van der Waals surface area contributed by atoms with Gasteiger partial charge >= 0.3 is 0 Å². The van der Waals surface area contributed by atoms with Crippen molar-refractivity contribution in [3.05, 3.63) is 54.0 Å². The van der Waals surface area contributed by atoms with E-state index in [1.165, 1.54) is 0 Å². The number of ether oxygens (including phenoxy) is 1. The van der Waals surface area contributed by atoms with Crippen LogP contribution in [0.4, 0.5) is 0 Å². The van der Waals surface area contributed by atoms with Gasteiger partial charge in [0, 0.05) is 37.6 Å². The van der Waals surface area contributed by atoms with Gasteiger partial charge in [-0.05, 0) is 31.5 Å². The van der Waals surface area contributed by atoms with Gasteiger partial charge in [0.15, 0.2) is 5.65 Å². The second kappa shape index (κ2) is 7.17. The van der Waals surface area contributed by atoms with E-state index in [4.69, 9.17) is 4.74 Å². The van der Waals surface area contributed by atoms with Crippen LogP contribution >= 0.6 is 0 Å². The number of nitrogens with zero attached hydrogens (tertiary/aromatic N) is 6. The van der Waals surface area contributed by atoms with E-state index < -0.39 is 0 Å². The van der Waals surface area contributed by atoms with Crippen molar-refractivity contribution in [3.63, 3.8) is 0 Å². The van der Waals surface area contributed by atoms with Crippen molar-refractivity contribution in [2.24, 2.45) is 5.92 Å². The molecule has 0 spiro atoms. The van der Waals surface area contributed by atoms with Crippen LogP contribution in [0.25, 0.3) is 5.65 Å². The van der Waals surface area contributed by atoms with Crippen molar-refractivity contribution >= 4 is 11.6 Å². The van der Waals surface area contributed by atoms with Crippen molar-refractivity contribution < 1.29 is 9.53 Å². The number of hydrogen-bond donors (Lipinski definition) is 0. The van der Waals surface area contributed by atoms with Gasteiger partial charge in [-0.1, -0.05) is 0 Å². The molecule has 0 radical (unpaired) electrons. The summed E-state index contributed by atoms with van der Waals surface area (Å²) in [5, 5.41) is 4.57. The number of aromatic nitrogens is 5. The molecule has 1 aliphatic rings. The molecule has 0 bridgehead atoms. The summed E-state index contributed by atoms with van der Waals surface area (Å²) < 4.78 is 7.48. The van der Waals surface area contributed by atoms with E-state index in [1.807, 2.05) is 23.2 Å². The maximum atomic E-state index is 12.8. The van der Waals surface area contributed by atoms with Gasteiger partial charge in [-0.2, -0.15) is 5.10 Å². The number of amides is 1. The number of carbonyl (C=O) groups excluding carboxylic acids is 1. The van der Waals surface area contributed by atoms with Gasteiger partial charge in [-0.25, -0.2) is 19.5 Å². The van der Waals surface area contributed by atoms with Gasteiger partial charge in [-0.15, -0.1) is 0 Å². The minimum absolute atomic E-state index is 0.0796. The lowest BCUT2D eigenvalue weighted by molar-refractivity contribution is 0.0731. The molecule has 0 N–H and O–H groups in total. The van der Waals surface area contributed by atoms with E-state index >= 15 is 0 Å². The third-order valence-electron chi connectivity index (χ3n) is 4.43. The Labute approximate surface area is 150 Å². The number of hydrogen-bond acceptors (Lipinski definition) is 6. The van der Waals surface area contributed by atoms with Crippen LogP contribution < -0.4 is 0 Å². The first-order valence-electron chi connectivity index (χ1n) is 8.65. The first-order chi connectivity index (χ1) is 12.7. The zero-order chi connectivity index (χ0) is 17.9. The second-order valence-electron chi connectivity index (χ2n) is 6.44. The highest BCUT2D eigenvalue weighted by Gasteiger charge is 2.25. The molecule has 1 aliphatic heterocycles. The second-order valence-corrected chi connectivity index (χ2v) is 6.44. The monoisotopic (exact) mass is 352 g/mol. The third kappa shape index (κ3) is 3.55. The number of carbonyl (C=O) groups is 1. The molecule has 0 unspecified atom stereocenters. The van der Waals surface area contributed by atoms with Gasteiger partial charge in [-0.3, -0.25) is 4.79 Å². The first kappa shape index (κ1) is 16.6. The molecule has 0 saturated carbocycles. The zero-order valence-corrected chi connectivity index (χ0v) is 14.6. The Morgan fingerprint density at radius 2 is 2.19 bits per heavy atom. The van der Waals surface area contributed by atoms with E-state index in [-0.39, 0.29) is 11.8 Å². The fourth-order valence-electron chi connectivity index (χ4n) is 3.19. The lowest BCUT2D eigenvalue weighted by Gasteiger charge is -2.23. The average molecular weight is 352 g/mol. The summed E-state index contributed by atoms with van der Waals surface area (Å²) in [6.07, 6.45) is 5.91. The maximum Gasteiger partial charge on any atom is 0.272 e. The van der Waals surface area contributed by atoms with E-state index in [1.54, 1.807) is 29.9 Å². The van der Waals surface area contributed by atoms with Crippen LogP contribution in [0.3, 0.4) is 0 Å². The Morgan fingerprint density at radius 1 is 1.27 bits per heavy atom. The van der Waals surface area contributed by atoms with Crippen LogP contribution in [-0.4, -0.2) is 61.7 Å². The molecule has 1 amide bonds. The van der Waals surface area contributed by atoms with Gasteiger partial charge in [0.1, 0.15) is 11.5 Å². The Morgan fingerprint density at radius 3 is 3.08 bits per heavy atom. The smallest absolute Gasteiger partial charge is 0.272 e. The van der Waals surface area contributed by atoms with Crippen LogP contribution in [0.1, 0.15) is 22.0 Å². The van der Waals surface area contributed by atoms with Crippen LogP contribution in [0.15, 0.2) is 36.8 Å². The Hall–Kier alpha value is -2.87. The summed E-state index contributed by atoms with van der Waals surface area (Å²) in [6.45, 7) is 4.09. The quantitative estimate of drug-likeness (QED) is 0.703. The van der Waals surface area contributed by atoms with Crippen molar-refractivity contribution in [2.45, 2.75) is 13.3 Å². The highest BCUT2D eigenvalue weighted by Crippen LogP contribution is 2.15. The molecule has 26 heavy (non-hydrogen) atoms. The molecular weight excluding hydrogens is 332 g/mol.